The van der Waals surface area contributed by atoms with Crippen LogP contribution in [0.2, 0.25) is 0 Å². The van der Waals surface area contributed by atoms with Crippen molar-refractivity contribution >= 4 is 0 Å². The predicted octanol–water partition coefficient (Wildman–Crippen LogP) is 3.04. The molecule has 1 aliphatic carbocycles. The minimum atomic E-state index is -0.258. The first-order chi connectivity index (χ1) is 6.65. The van der Waals surface area contributed by atoms with Gasteiger partial charge in [-0.1, -0.05) is 39.0 Å². The van der Waals surface area contributed by atoms with Gasteiger partial charge in [-0.15, -0.1) is 0 Å². The minimum absolute atomic E-state index is 0.258. The van der Waals surface area contributed by atoms with Crippen LogP contribution in [0.5, 0.6) is 0 Å². The first-order valence-corrected chi connectivity index (χ1v) is 5.46. The van der Waals surface area contributed by atoms with Gasteiger partial charge in [0.15, 0.2) is 0 Å². The lowest BCUT2D eigenvalue weighted by atomic mass is 9.95. The number of rotatable bonds is 1. The Morgan fingerprint density at radius 1 is 1.21 bits per heavy atom. The van der Waals surface area contributed by atoms with E-state index in [1.54, 1.807) is 0 Å². The monoisotopic (exact) mass is 190 g/mol. The largest absolute Gasteiger partial charge is 0.388 e. The fourth-order valence-electron chi connectivity index (χ4n) is 2.35. The van der Waals surface area contributed by atoms with E-state index in [4.69, 9.17) is 0 Å². The molecule has 0 aliphatic heterocycles. The van der Waals surface area contributed by atoms with Crippen LogP contribution in [0.3, 0.4) is 0 Å². The average Bonchev–Trinajstić information content (AvgIpc) is 2.44. The molecule has 14 heavy (non-hydrogen) atoms. The van der Waals surface area contributed by atoms with Gasteiger partial charge in [-0.25, -0.2) is 0 Å². The molecule has 1 aliphatic rings. The molecule has 0 amide bonds. The zero-order valence-corrected chi connectivity index (χ0v) is 9.12. The summed E-state index contributed by atoms with van der Waals surface area (Å²) in [6, 6.07) is 6.53. The van der Waals surface area contributed by atoms with Crippen molar-refractivity contribution < 1.29 is 5.11 Å². The molecule has 0 saturated carbocycles. The third-order valence-corrected chi connectivity index (χ3v) is 3.66. The summed E-state index contributed by atoms with van der Waals surface area (Å²) in [6.45, 7) is 6.47. The number of hydrogen-bond donors (Lipinski definition) is 1. The Morgan fingerprint density at radius 2 is 1.93 bits per heavy atom. The lowest BCUT2D eigenvalue weighted by Crippen LogP contribution is -2.04. The van der Waals surface area contributed by atoms with Gasteiger partial charge in [0.25, 0.3) is 0 Å². The molecule has 0 heterocycles. The molecule has 0 bridgehead atoms. The van der Waals surface area contributed by atoms with Crippen LogP contribution >= 0.6 is 0 Å². The molecule has 0 spiro atoms. The van der Waals surface area contributed by atoms with Gasteiger partial charge in [-0.2, -0.15) is 0 Å². The number of aryl methyl sites for hydroxylation is 1. The zero-order valence-electron chi connectivity index (χ0n) is 9.12. The number of aliphatic hydroxyl groups is 1. The Labute approximate surface area is 85.8 Å². The van der Waals surface area contributed by atoms with E-state index in [1.807, 2.05) is 0 Å². The molecule has 1 nitrogen and oxygen atoms in total. The maximum absolute atomic E-state index is 10.0. The SMILES string of the molecule is CCc1ccc2c(c1)C(O)C(C)C2C. The summed E-state index contributed by atoms with van der Waals surface area (Å²) in [5, 5.41) is 10.0. The summed E-state index contributed by atoms with van der Waals surface area (Å²) >= 11 is 0. The highest BCUT2D eigenvalue weighted by Gasteiger charge is 2.33. The molecule has 0 fully saturated rings. The Kier molecular flexibility index (Phi) is 2.36. The highest BCUT2D eigenvalue weighted by molar-refractivity contribution is 5.40. The second kappa shape index (κ2) is 3.39. The van der Waals surface area contributed by atoms with Crippen LogP contribution in [-0.2, 0) is 6.42 Å². The van der Waals surface area contributed by atoms with Gasteiger partial charge in [0, 0.05) is 0 Å². The van der Waals surface area contributed by atoms with Crippen molar-refractivity contribution in [1.82, 2.24) is 0 Å². The van der Waals surface area contributed by atoms with E-state index in [-0.39, 0.29) is 6.10 Å². The van der Waals surface area contributed by atoms with Gasteiger partial charge in [-0.3, -0.25) is 0 Å². The summed E-state index contributed by atoms with van der Waals surface area (Å²) in [4.78, 5) is 0. The standard InChI is InChI=1S/C13H18O/c1-4-10-5-6-11-8(2)9(3)13(14)12(11)7-10/h5-9,13-14H,4H2,1-3H3. The fourth-order valence-corrected chi connectivity index (χ4v) is 2.35. The summed E-state index contributed by atoms with van der Waals surface area (Å²) in [6.07, 6.45) is 0.787. The van der Waals surface area contributed by atoms with Gasteiger partial charge in [0.05, 0.1) is 6.10 Å². The van der Waals surface area contributed by atoms with E-state index < -0.39 is 0 Å². The van der Waals surface area contributed by atoms with E-state index in [0.717, 1.165) is 12.0 Å². The summed E-state index contributed by atoms with van der Waals surface area (Å²) in [7, 11) is 0. The number of benzene rings is 1. The predicted molar refractivity (Wildman–Crippen MR) is 58.4 cm³/mol. The third kappa shape index (κ3) is 1.27. The summed E-state index contributed by atoms with van der Waals surface area (Å²) < 4.78 is 0. The number of hydrogen-bond acceptors (Lipinski definition) is 1. The van der Waals surface area contributed by atoms with Crippen molar-refractivity contribution in [2.45, 2.75) is 39.2 Å². The molecule has 1 aromatic rings. The van der Waals surface area contributed by atoms with Crippen molar-refractivity contribution in [3.8, 4) is 0 Å². The van der Waals surface area contributed by atoms with E-state index in [1.165, 1.54) is 11.1 Å². The van der Waals surface area contributed by atoms with Gasteiger partial charge in [0.1, 0.15) is 0 Å². The minimum Gasteiger partial charge on any atom is -0.388 e. The lowest BCUT2D eigenvalue weighted by molar-refractivity contribution is 0.123. The second-order valence-corrected chi connectivity index (χ2v) is 4.41. The fraction of sp³-hybridized carbons (Fsp3) is 0.538. The van der Waals surface area contributed by atoms with E-state index >= 15 is 0 Å². The molecule has 0 radical (unpaired) electrons. The third-order valence-electron chi connectivity index (χ3n) is 3.66. The molecule has 0 saturated heterocycles. The molecular formula is C13H18O. The van der Waals surface area contributed by atoms with Gasteiger partial charge in [-0.05, 0) is 34.9 Å². The molecule has 3 unspecified atom stereocenters. The van der Waals surface area contributed by atoms with Crippen LogP contribution < -0.4 is 0 Å². The lowest BCUT2D eigenvalue weighted by Gasteiger charge is -2.12. The van der Waals surface area contributed by atoms with Crippen LogP contribution in [-0.4, -0.2) is 5.11 Å². The van der Waals surface area contributed by atoms with Crippen molar-refractivity contribution in [2.24, 2.45) is 5.92 Å². The smallest absolute Gasteiger partial charge is 0.0824 e. The average molecular weight is 190 g/mol. The van der Waals surface area contributed by atoms with Crippen LogP contribution in [0.25, 0.3) is 0 Å². The van der Waals surface area contributed by atoms with E-state index in [0.29, 0.717) is 11.8 Å². The molecule has 1 heteroatoms. The molecule has 76 valence electrons. The Hall–Kier alpha value is -0.820. The molecule has 1 aromatic carbocycles. The summed E-state index contributed by atoms with van der Waals surface area (Å²) in [5.74, 6) is 0.850. The highest BCUT2D eigenvalue weighted by Crippen LogP contribution is 2.44. The number of fused-ring (bicyclic) bond motifs is 1. The Morgan fingerprint density at radius 3 is 2.57 bits per heavy atom. The van der Waals surface area contributed by atoms with Gasteiger partial charge < -0.3 is 5.11 Å². The topological polar surface area (TPSA) is 20.2 Å². The molecular weight excluding hydrogens is 172 g/mol. The van der Waals surface area contributed by atoms with Crippen LogP contribution in [0.15, 0.2) is 18.2 Å². The normalized spacial score (nSPS) is 30.4. The molecule has 3 atom stereocenters. The van der Waals surface area contributed by atoms with Gasteiger partial charge >= 0.3 is 0 Å². The highest BCUT2D eigenvalue weighted by atomic mass is 16.3. The van der Waals surface area contributed by atoms with Crippen molar-refractivity contribution in [2.75, 3.05) is 0 Å². The van der Waals surface area contributed by atoms with Crippen LogP contribution in [0, 0.1) is 5.92 Å². The number of aliphatic hydroxyl groups excluding tert-OH is 1. The van der Waals surface area contributed by atoms with Crippen LogP contribution in [0.1, 0.15) is 49.5 Å². The van der Waals surface area contributed by atoms with Crippen molar-refractivity contribution in [3.63, 3.8) is 0 Å². The first-order valence-electron chi connectivity index (χ1n) is 5.46. The maximum Gasteiger partial charge on any atom is 0.0824 e. The van der Waals surface area contributed by atoms with Crippen LogP contribution in [0.4, 0.5) is 0 Å². The second-order valence-electron chi connectivity index (χ2n) is 4.41. The zero-order chi connectivity index (χ0) is 10.3. The molecule has 2 rings (SSSR count). The maximum atomic E-state index is 10.0. The van der Waals surface area contributed by atoms with E-state index in [2.05, 4.69) is 39.0 Å². The first kappa shape index (κ1) is 9.72. The Balaban J connectivity index is 2.48. The van der Waals surface area contributed by atoms with E-state index in [9.17, 15) is 5.11 Å². The van der Waals surface area contributed by atoms with Crippen molar-refractivity contribution in [1.29, 1.82) is 0 Å². The quantitative estimate of drug-likeness (QED) is 0.721. The van der Waals surface area contributed by atoms with Gasteiger partial charge in [0.2, 0.25) is 0 Å². The molecule has 0 aromatic heterocycles. The Bertz CT molecular complexity index is 343. The summed E-state index contributed by atoms with van der Waals surface area (Å²) in [5.41, 5.74) is 3.82. The molecule has 1 N–H and O–H groups in total. The van der Waals surface area contributed by atoms with Crippen molar-refractivity contribution in [3.05, 3.63) is 34.9 Å².